The van der Waals surface area contributed by atoms with Crippen molar-refractivity contribution in [3.8, 4) is 94.7 Å². The van der Waals surface area contributed by atoms with Gasteiger partial charge in [-0.3, -0.25) is 0 Å². The number of hydrogen-bond donors (Lipinski definition) is 0. The van der Waals surface area contributed by atoms with Crippen LogP contribution in [0.1, 0.15) is 44.5 Å². The molecule has 5 heteroatoms. The molecule has 6 aliphatic rings. The second-order valence-corrected chi connectivity index (χ2v) is 31.9. The van der Waals surface area contributed by atoms with Gasteiger partial charge in [0.05, 0.1) is 44.3 Å². The number of rotatable bonds is 7. The molecule has 4 nitrogen and oxygen atoms in total. The predicted molar refractivity (Wildman–Crippen MR) is 476 cm³/mol. The summed E-state index contributed by atoms with van der Waals surface area (Å²) in [6.45, 7) is -0.262. The Morgan fingerprint density at radius 2 is 0.617 bits per heavy atom. The summed E-state index contributed by atoms with van der Waals surface area (Å²) in [7, 11) is 0. The first-order chi connectivity index (χ1) is 57.1. The molecule has 0 saturated carbocycles. The van der Waals surface area contributed by atoms with Crippen LogP contribution in [0.15, 0.2) is 405 Å². The minimum absolute atomic E-state index is 0.262. The van der Waals surface area contributed by atoms with Crippen molar-refractivity contribution in [1.82, 2.24) is 4.57 Å². The third-order valence-corrected chi connectivity index (χ3v) is 26.6. The van der Waals surface area contributed by atoms with Crippen molar-refractivity contribution in [3.63, 3.8) is 0 Å². The van der Waals surface area contributed by atoms with Crippen molar-refractivity contribution in [3.05, 3.63) is 445 Å². The summed E-state index contributed by atoms with van der Waals surface area (Å²) < 4.78 is 9.72. The molecule has 0 amide bonds. The molecule has 0 fully saturated rings. The summed E-state index contributed by atoms with van der Waals surface area (Å²) in [5, 5.41) is 4.41. The van der Waals surface area contributed by atoms with Crippen LogP contribution in [0.2, 0.25) is 0 Å². The average Bonchev–Trinajstić information content (AvgIpc) is 1.58. The fourth-order valence-electron chi connectivity index (χ4n) is 22.1. The van der Waals surface area contributed by atoms with Gasteiger partial charge in [0.2, 0.25) is 0 Å². The molecule has 2 spiro atoms. The first-order valence-corrected chi connectivity index (χ1v) is 40.1. The fourth-order valence-corrected chi connectivity index (χ4v) is 22.1. The van der Waals surface area contributed by atoms with E-state index in [4.69, 9.17) is 4.42 Å². The molecule has 0 saturated heterocycles. The Hall–Kier alpha value is -14.8. The molecule has 26 rings (SSSR count). The fraction of sp³-hybridized carbons (Fsp3) is 0.0182. The summed E-state index contributed by atoms with van der Waals surface area (Å²) >= 11 is 0. The van der Waals surface area contributed by atoms with Crippen LogP contribution >= 0.6 is 0 Å². The van der Waals surface area contributed by atoms with Gasteiger partial charge >= 0.3 is 0 Å². The SMILES string of the molecule is c1ccc(-c2ccc3c(c2)-c2c(N4c5cc(-c6ccccc6)ccc5B5c6ccc(-c7ccccc7)cc6N(c6cccc7c6-c6cc(-c8ccccc8)ccc6C76c7ccccc7-c7ccccc76)c6cc(-n7c8ccccc8c8c9oc%10ccccc%10c9ccc87)cc4c65)cccc2C32c3ccccc3-c3ccccc32)cc1. The second-order valence-electron chi connectivity index (χ2n) is 31.9. The standard InChI is InChI=1S/C110H66BN3O/c1-5-27-67(28-6-1)71-51-56-89-83(61-71)104-91(109(89)85-41-19-13-35-76(85)77-36-14-20-42-86(77)109)45-25-48-96(104)113-99-63-73(69-31-9-3-10-32-69)53-58-93(99)111-94-59-54-74(70-33-11-4-12-34-70)64-100(94)114(102-66-75(65-101(113)107(102)111)112-95-47-23-17-40-82(95)106-98(112)60-55-81-80-39-18-24-50-103(80)115-108(81)106)97-49-26-46-92-105(97)84-62-72(68-29-7-2-8-30-68)52-57-90(84)110(92)87-43-21-15-37-78(87)79-38-16-22-44-88(79)110/h1-66H. The van der Waals surface area contributed by atoms with E-state index in [9.17, 15) is 0 Å². The maximum absolute atomic E-state index is 7.16. The van der Waals surface area contributed by atoms with Crippen LogP contribution < -0.4 is 26.2 Å². The van der Waals surface area contributed by atoms with Crippen molar-refractivity contribution in [2.75, 3.05) is 9.80 Å². The number of aromatic nitrogens is 1. The van der Waals surface area contributed by atoms with Gasteiger partial charge in [-0.25, -0.2) is 0 Å². The van der Waals surface area contributed by atoms with Crippen molar-refractivity contribution < 1.29 is 4.42 Å². The highest BCUT2D eigenvalue weighted by atomic mass is 16.3. The molecular formula is C110H66BN3O. The van der Waals surface area contributed by atoms with Gasteiger partial charge in [0.15, 0.2) is 0 Å². The highest BCUT2D eigenvalue weighted by Crippen LogP contribution is 2.68. The number of para-hydroxylation sites is 2. The lowest BCUT2D eigenvalue weighted by molar-refractivity contribution is 0.673. The first kappa shape index (κ1) is 62.9. The lowest BCUT2D eigenvalue weighted by Gasteiger charge is -2.45. The van der Waals surface area contributed by atoms with Crippen molar-refractivity contribution in [1.29, 1.82) is 0 Å². The largest absolute Gasteiger partial charge is 0.455 e. The van der Waals surface area contributed by atoms with E-state index in [2.05, 4.69) is 415 Å². The Labute approximate surface area is 665 Å². The Morgan fingerprint density at radius 1 is 0.235 bits per heavy atom. The highest BCUT2D eigenvalue weighted by molar-refractivity contribution is 7.00. The topological polar surface area (TPSA) is 24.6 Å². The number of benzene rings is 18. The summed E-state index contributed by atoms with van der Waals surface area (Å²) in [4.78, 5) is 5.46. The molecule has 0 N–H and O–H groups in total. The Kier molecular flexibility index (Phi) is 12.8. The molecule has 4 heterocycles. The van der Waals surface area contributed by atoms with E-state index in [1.54, 1.807) is 0 Å². The maximum atomic E-state index is 7.16. The van der Waals surface area contributed by atoms with E-state index in [1.807, 2.05) is 0 Å². The van der Waals surface area contributed by atoms with Gasteiger partial charge in [-0.1, -0.05) is 328 Å². The van der Waals surface area contributed by atoms with Gasteiger partial charge in [0.1, 0.15) is 11.2 Å². The number of anilines is 6. The zero-order valence-electron chi connectivity index (χ0n) is 62.4. The van der Waals surface area contributed by atoms with E-state index in [0.29, 0.717) is 0 Å². The van der Waals surface area contributed by atoms with Crippen LogP contribution in [-0.2, 0) is 10.8 Å². The van der Waals surface area contributed by atoms with Gasteiger partial charge in [0, 0.05) is 50.0 Å². The van der Waals surface area contributed by atoms with E-state index in [1.165, 1.54) is 128 Å². The van der Waals surface area contributed by atoms with Crippen LogP contribution in [-0.4, -0.2) is 11.3 Å². The summed E-state index contributed by atoms with van der Waals surface area (Å²) in [6.07, 6.45) is 0. The minimum atomic E-state index is -0.656. The molecule has 20 aromatic rings. The zero-order chi connectivity index (χ0) is 74.9. The molecule has 18 aromatic carbocycles. The lowest BCUT2D eigenvalue weighted by atomic mass is 9.33. The zero-order valence-corrected chi connectivity index (χ0v) is 62.4. The Morgan fingerprint density at radius 3 is 1.09 bits per heavy atom. The van der Waals surface area contributed by atoms with Crippen LogP contribution in [0.5, 0.6) is 0 Å². The van der Waals surface area contributed by atoms with Gasteiger partial charge in [-0.2, -0.15) is 0 Å². The van der Waals surface area contributed by atoms with Gasteiger partial charge in [-0.05, 0) is 212 Å². The van der Waals surface area contributed by atoms with Gasteiger partial charge in [-0.15, -0.1) is 0 Å². The third kappa shape index (κ3) is 8.30. The van der Waals surface area contributed by atoms with Crippen LogP contribution in [0.4, 0.5) is 34.1 Å². The molecule has 0 bridgehead atoms. The smallest absolute Gasteiger partial charge is 0.252 e. The normalized spacial score (nSPS) is 14.0. The van der Waals surface area contributed by atoms with Crippen LogP contribution in [0.3, 0.4) is 0 Å². The van der Waals surface area contributed by atoms with E-state index in [0.717, 1.165) is 106 Å². The monoisotopic (exact) mass is 1460 g/mol. The average molecular weight is 1460 g/mol. The van der Waals surface area contributed by atoms with Crippen molar-refractivity contribution >= 4 is 101 Å². The van der Waals surface area contributed by atoms with Crippen molar-refractivity contribution in [2.45, 2.75) is 10.8 Å². The van der Waals surface area contributed by atoms with E-state index >= 15 is 0 Å². The molecule has 0 atom stereocenters. The van der Waals surface area contributed by atoms with E-state index < -0.39 is 10.8 Å². The van der Waals surface area contributed by atoms with Gasteiger partial charge < -0.3 is 18.8 Å². The molecule has 2 aromatic heterocycles. The Bertz CT molecular complexity index is 7180. The minimum Gasteiger partial charge on any atom is -0.455 e. The molecule has 530 valence electrons. The predicted octanol–water partition coefficient (Wildman–Crippen LogP) is 26.1. The lowest BCUT2D eigenvalue weighted by Crippen LogP contribution is -2.61. The Balaban J connectivity index is 0.834. The summed E-state index contributed by atoms with van der Waals surface area (Å²) in [5.74, 6) is 0. The second kappa shape index (κ2) is 23.4. The maximum Gasteiger partial charge on any atom is 0.252 e. The van der Waals surface area contributed by atoms with Crippen LogP contribution in [0.25, 0.3) is 138 Å². The number of nitrogens with zero attached hydrogens (tertiary/aromatic N) is 3. The number of furan rings is 1. The number of fused-ring (bicyclic) bond motifs is 31. The van der Waals surface area contributed by atoms with Crippen LogP contribution in [0, 0.1) is 0 Å². The number of hydrogen-bond acceptors (Lipinski definition) is 3. The highest BCUT2D eigenvalue weighted by Gasteiger charge is 2.56. The summed E-state index contributed by atoms with van der Waals surface area (Å²) in [5.41, 5.74) is 43.6. The molecule has 2 aliphatic heterocycles. The van der Waals surface area contributed by atoms with Gasteiger partial charge in [0.25, 0.3) is 6.71 Å². The molecular weight excluding hydrogens is 1390 g/mol. The summed E-state index contributed by atoms with van der Waals surface area (Å²) in [6, 6.07) is 152. The molecule has 0 radical (unpaired) electrons. The first-order valence-electron chi connectivity index (χ1n) is 40.1. The third-order valence-electron chi connectivity index (χ3n) is 26.6. The quantitative estimate of drug-likeness (QED) is 0.149. The molecule has 4 aliphatic carbocycles. The van der Waals surface area contributed by atoms with Crippen molar-refractivity contribution in [2.24, 2.45) is 0 Å². The molecule has 0 unspecified atom stereocenters. The molecule has 115 heavy (non-hydrogen) atoms. The van der Waals surface area contributed by atoms with E-state index in [-0.39, 0.29) is 6.71 Å².